The Morgan fingerprint density at radius 1 is 1.38 bits per heavy atom. The molecule has 2 heterocycles. The van der Waals surface area contributed by atoms with Crippen LogP contribution in [0.3, 0.4) is 0 Å². The number of fused-ring (bicyclic) bond motifs is 1. The maximum absolute atomic E-state index is 10.6. The molecule has 1 unspecified atom stereocenters. The van der Waals surface area contributed by atoms with Crippen molar-refractivity contribution in [1.29, 1.82) is 0 Å². The van der Waals surface area contributed by atoms with Crippen molar-refractivity contribution >= 4 is 0 Å². The Kier molecular flexibility index (Phi) is 2.78. The molecule has 4 bridgehead atoms. The zero-order chi connectivity index (χ0) is 17.8. The normalized spacial score (nSPS) is 45.2. The first-order chi connectivity index (χ1) is 12.5. The summed E-state index contributed by atoms with van der Waals surface area (Å²) in [5, 5.41) is 10.6. The average molecular weight is 353 g/mol. The van der Waals surface area contributed by atoms with Gasteiger partial charge in [0.1, 0.15) is 6.10 Å². The number of hydrogen-bond acceptors (Lipinski definition) is 4. The van der Waals surface area contributed by atoms with Gasteiger partial charge in [0, 0.05) is 28.4 Å². The molecule has 0 radical (unpaired) electrons. The zero-order valence-electron chi connectivity index (χ0n) is 15.7. The Morgan fingerprint density at radius 2 is 2.23 bits per heavy atom. The van der Waals surface area contributed by atoms with Crippen LogP contribution in [0.15, 0.2) is 24.3 Å². The number of likely N-dealkylation sites (tertiary alicyclic amines) is 1. The summed E-state index contributed by atoms with van der Waals surface area (Å²) < 4.78 is 12.4. The monoisotopic (exact) mass is 353 g/mol. The molecule has 1 aromatic carbocycles. The van der Waals surface area contributed by atoms with Crippen LogP contribution in [0, 0.1) is 17.3 Å². The first-order valence-electron chi connectivity index (χ1n) is 9.98. The van der Waals surface area contributed by atoms with Gasteiger partial charge in [-0.1, -0.05) is 18.2 Å². The van der Waals surface area contributed by atoms with Crippen molar-refractivity contribution in [2.75, 3.05) is 20.7 Å². The number of rotatable bonds is 2. The number of aliphatic hydroxyl groups excluding tert-OH is 1. The molecule has 4 nitrogen and oxygen atoms in total. The van der Waals surface area contributed by atoms with Crippen molar-refractivity contribution < 1.29 is 14.6 Å². The highest BCUT2D eigenvalue weighted by Gasteiger charge is 2.74. The lowest BCUT2D eigenvalue weighted by Gasteiger charge is -2.69. The number of nitrogens with zero attached hydrogens (tertiary/aromatic N) is 1. The summed E-state index contributed by atoms with van der Waals surface area (Å²) in [4.78, 5) is 2.56. The lowest BCUT2D eigenvalue weighted by atomic mass is 9.38. The van der Waals surface area contributed by atoms with Gasteiger partial charge in [-0.05, 0) is 57.3 Å². The Bertz CT molecular complexity index is 833. The van der Waals surface area contributed by atoms with E-state index in [0.717, 1.165) is 37.3 Å². The summed E-state index contributed by atoms with van der Waals surface area (Å²) in [6, 6.07) is 4.83. The van der Waals surface area contributed by atoms with E-state index >= 15 is 0 Å². The maximum atomic E-state index is 10.6. The molecular formula is C22H27NO3. The highest BCUT2D eigenvalue weighted by Crippen LogP contribution is 2.73. The van der Waals surface area contributed by atoms with E-state index in [2.05, 4.69) is 36.2 Å². The SMILES string of the molecule is COc1ccc2c3c1O[C@H]1[C@H]4C=C[C@@]5(CC4[C@H](C)O)[C@@H](C2)N(C)CC[C@]315. The van der Waals surface area contributed by atoms with Crippen molar-refractivity contribution in [2.45, 2.75) is 49.9 Å². The fourth-order valence-corrected chi connectivity index (χ4v) is 7.48. The van der Waals surface area contributed by atoms with E-state index < -0.39 is 0 Å². The van der Waals surface area contributed by atoms with Gasteiger partial charge in [-0.25, -0.2) is 0 Å². The van der Waals surface area contributed by atoms with Crippen LogP contribution in [-0.4, -0.2) is 49.0 Å². The van der Waals surface area contributed by atoms with Crippen molar-refractivity contribution in [2.24, 2.45) is 17.3 Å². The fraction of sp³-hybridized carbons (Fsp3) is 0.636. The number of benzene rings is 1. The van der Waals surface area contributed by atoms with Gasteiger partial charge in [-0.2, -0.15) is 0 Å². The number of methoxy groups -OCH3 is 1. The van der Waals surface area contributed by atoms with E-state index in [1.54, 1.807) is 7.11 Å². The van der Waals surface area contributed by atoms with E-state index in [9.17, 15) is 5.11 Å². The lowest BCUT2D eigenvalue weighted by Crippen LogP contribution is -2.74. The van der Waals surface area contributed by atoms with E-state index in [1.165, 1.54) is 11.1 Å². The van der Waals surface area contributed by atoms with Crippen LogP contribution >= 0.6 is 0 Å². The van der Waals surface area contributed by atoms with Gasteiger partial charge in [0.2, 0.25) is 0 Å². The number of hydrogen-bond donors (Lipinski definition) is 1. The minimum Gasteiger partial charge on any atom is -0.493 e. The number of ether oxygens (including phenoxy) is 2. The van der Waals surface area contributed by atoms with Crippen LogP contribution in [0.2, 0.25) is 0 Å². The third-order valence-corrected chi connectivity index (χ3v) is 8.49. The second kappa shape index (κ2) is 4.66. The third kappa shape index (κ3) is 1.42. The Labute approximate surface area is 154 Å². The van der Waals surface area contributed by atoms with Crippen molar-refractivity contribution in [3.8, 4) is 11.5 Å². The Morgan fingerprint density at radius 3 is 3.00 bits per heavy atom. The molecule has 4 heteroatoms. The molecule has 1 aromatic rings. The number of aliphatic hydroxyl groups is 1. The fourth-order valence-electron chi connectivity index (χ4n) is 7.48. The van der Waals surface area contributed by atoms with Crippen molar-refractivity contribution in [3.63, 3.8) is 0 Å². The second-order valence-electron chi connectivity index (χ2n) is 9.18. The summed E-state index contributed by atoms with van der Waals surface area (Å²) in [6.07, 6.45) is 7.97. The molecule has 1 N–H and O–H groups in total. The first kappa shape index (κ1) is 15.5. The topological polar surface area (TPSA) is 41.9 Å². The van der Waals surface area contributed by atoms with Gasteiger partial charge in [0.25, 0.3) is 0 Å². The molecule has 2 aliphatic heterocycles. The molecule has 1 saturated heterocycles. The van der Waals surface area contributed by atoms with Gasteiger partial charge in [0.15, 0.2) is 11.5 Å². The Hall–Kier alpha value is -1.52. The largest absolute Gasteiger partial charge is 0.493 e. The molecule has 7 atom stereocenters. The molecule has 7 rings (SSSR count). The number of likely N-dealkylation sites (N-methyl/N-ethyl adjacent to an activating group) is 1. The maximum Gasteiger partial charge on any atom is 0.165 e. The van der Waals surface area contributed by atoms with Gasteiger partial charge in [0.05, 0.1) is 13.2 Å². The molecule has 26 heavy (non-hydrogen) atoms. The summed E-state index contributed by atoms with van der Waals surface area (Å²) in [7, 11) is 4.02. The van der Waals surface area contributed by atoms with Crippen LogP contribution in [0.4, 0.5) is 0 Å². The first-order valence-corrected chi connectivity index (χ1v) is 9.98. The van der Waals surface area contributed by atoms with Gasteiger partial charge >= 0.3 is 0 Å². The smallest absolute Gasteiger partial charge is 0.165 e. The Balaban J connectivity index is 1.67. The van der Waals surface area contributed by atoms with Gasteiger partial charge in [-0.3, -0.25) is 0 Å². The van der Waals surface area contributed by atoms with Crippen LogP contribution in [-0.2, 0) is 11.8 Å². The van der Waals surface area contributed by atoms with E-state index in [1.807, 2.05) is 6.92 Å². The molecule has 0 amide bonds. The average Bonchev–Trinajstić information content (AvgIpc) is 3.00. The third-order valence-electron chi connectivity index (χ3n) is 8.49. The van der Waals surface area contributed by atoms with E-state index in [-0.39, 0.29) is 34.9 Å². The highest BCUT2D eigenvalue weighted by atomic mass is 16.5. The van der Waals surface area contributed by atoms with Gasteiger partial charge < -0.3 is 19.5 Å². The summed E-state index contributed by atoms with van der Waals surface area (Å²) in [6.45, 7) is 3.07. The molecule has 4 aliphatic carbocycles. The van der Waals surface area contributed by atoms with E-state index in [4.69, 9.17) is 9.47 Å². The molecule has 2 spiro atoms. The van der Waals surface area contributed by atoms with Crippen LogP contribution in [0.25, 0.3) is 0 Å². The highest BCUT2D eigenvalue weighted by molar-refractivity contribution is 5.64. The molecule has 2 fully saturated rings. The lowest BCUT2D eigenvalue weighted by molar-refractivity contribution is -0.150. The minimum absolute atomic E-state index is 0.0481. The molecular weight excluding hydrogens is 326 g/mol. The predicted molar refractivity (Wildman–Crippen MR) is 98.7 cm³/mol. The molecule has 0 aromatic heterocycles. The standard InChI is InChI=1S/C22H27NO3/c1-12(24)15-11-21-7-6-14(15)20-22(21)8-9-23(2)17(21)10-13-4-5-16(25-3)19(26-20)18(13)22/h4-7,12,14-15,17,20,24H,8-11H2,1-3H3/t12-,14-,15?,17+,20-,21+,22-/m0/s1. The molecule has 138 valence electrons. The van der Waals surface area contributed by atoms with Crippen molar-refractivity contribution in [1.82, 2.24) is 4.90 Å². The van der Waals surface area contributed by atoms with Gasteiger partial charge in [-0.15, -0.1) is 0 Å². The van der Waals surface area contributed by atoms with Crippen LogP contribution in [0.1, 0.15) is 30.9 Å². The quantitative estimate of drug-likeness (QED) is 0.830. The number of piperidine rings is 1. The summed E-state index contributed by atoms with van der Waals surface area (Å²) >= 11 is 0. The van der Waals surface area contributed by atoms with E-state index in [0.29, 0.717) is 6.04 Å². The second-order valence-corrected chi connectivity index (χ2v) is 9.18. The van der Waals surface area contributed by atoms with Crippen LogP contribution in [0.5, 0.6) is 11.5 Å². The molecule has 6 aliphatic rings. The summed E-state index contributed by atoms with van der Waals surface area (Å²) in [5.41, 5.74) is 2.99. The summed E-state index contributed by atoms with van der Waals surface area (Å²) in [5.74, 6) is 2.41. The molecule has 1 saturated carbocycles. The predicted octanol–water partition coefficient (Wildman–Crippen LogP) is 2.53. The minimum atomic E-state index is -0.305. The van der Waals surface area contributed by atoms with Crippen LogP contribution < -0.4 is 9.47 Å². The van der Waals surface area contributed by atoms with Crippen molar-refractivity contribution in [3.05, 3.63) is 35.4 Å². The zero-order valence-corrected chi connectivity index (χ0v) is 15.7.